The number of para-hydroxylation sites is 1. The van der Waals surface area contributed by atoms with Crippen LogP contribution in [0.3, 0.4) is 0 Å². The van der Waals surface area contributed by atoms with Crippen molar-refractivity contribution in [1.29, 1.82) is 0 Å². The molecule has 6 heteroatoms. The van der Waals surface area contributed by atoms with Crippen LogP contribution in [-0.2, 0) is 4.79 Å². The maximum absolute atomic E-state index is 13.1. The number of H-pyrrole nitrogens is 1. The van der Waals surface area contributed by atoms with E-state index >= 15 is 0 Å². The second-order valence-electron chi connectivity index (χ2n) is 7.62. The first-order valence-corrected chi connectivity index (χ1v) is 10.8. The first-order chi connectivity index (χ1) is 15.1. The normalized spacial score (nSPS) is 12.3. The highest BCUT2D eigenvalue weighted by Crippen LogP contribution is 2.20. The minimum absolute atomic E-state index is 0.106. The van der Waals surface area contributed by atoms with Gasteiger partial charge in [-0.3, -0.25) is 9.59 Å². The number of hydrogen-bond acceptors (Lipinski definition) is 4. The van der Waals surface area contributed by atoms with Gasteiger partial charge in [-0.1, -0.05) is 55.3 Å². The molecule has 0 aliphatic rings. The molecule has 0 aliphatic carbocycles. The Morgan fingerprint density at radius 1 is 1.06 bits per heavy atom. The summed E-state index contributed by atoms with van der Waals surface area (Å²) in [6.07, 6.45) is 7.29. The molecule has 1 aromatic heterocycles. The standard InChI is InChI=1S/C25H30N4O2/c1-19(24-27-22-14-8-7-13-21(22)25(31)28-24)29(18-10-3-2-9-17-26)23(30)16-15-20-11-5-4-6-12-20/h4-8,11-16,19H,2-3,9-10,17-18,26H2,1H3,(H,27,28,31). The van der Waals surface area contributed by atoms with Gasteiger partial charge in [-0.25, -0.2) is 4.98 Å². The summed E-state index contributed by atoms with van der Waals surface area (Å²) >= 11 is 0. The Hall–Kier alpha value is -3.25. The number of hydrogen-bond donors (Lipinski definition) is 2. The maximum atomic E-state index is 13.1. The number of nitrogens with one attached hydrogen (secondary N) is 1. The SMILES string of the molecule is CC(c1nc2ccccc2c(=O)[nH]1)N(CCCCCCN)C(=O)C=Cc1ccccc1. The highest BCUT2D eigenvalue weighted by atomic mass is 16.2. The van der Waals surface area contributed by atoms with Crippen molar-refractivity contribution in [2.24, 2.45) is 5.73 Å². The molecule has 1 amide bonds. The third-order valence-corrected chi connectivity index (χ3v) is 5.35. The summed E-state index contributed by atoms with van der Waals surface area (Å²) in [5.74, 6) is 0.387. The minimum atomic E-state index is -0.361. The molecular weight excluding hydrogens is 388 g/mol. The molecule has 0 bridgehead atoms. The van der Waals surface area contributed by atoms with Crippen molar-refractivity contribution in [3.63, 3.8) is 0 Å². The molecule has 3 N–H and O–H groups in total. The van der Waals surface area contributed by atoms with Crippen molar-refractivity contribution in [3.8, 4) is 0 Å². The number of aromatic nitrogens is 2. The van der Waals surface area contributed by atoms with E-state index in [9.17, 15) is 9.59 Å². The lowest BCUT2D eigenvalue weighted by atomic mass is 10.1. The molecule has 162 valence electrons. The molecule has 1 atom stereocenters. The Balaban J connectivity index is 1.83. The summed E-state index contributed by atoms with van der Waals surface area (Å²) in [7, 11) is 0. The molecule has 0 aliphatic heterocycles. The van der Waals surface area contributed by atoms with Crippen LogP contribution in [0.4, 0.5) is 0 Å². The lowest BCUT2D eigenvalue weighted by Crippen LogP contribution is -2.35. The molecule has 0 spiro atoms. The van der Waals surface area contributed by atoms with E-state index in [1.807, 2.05) is 61.5 Å². The largest absolute Gasteiger partial charge is 0.330 e. The number of carbonyl (C=O) groups is 1. The van der Waals surface area contributed by atoms with Crippen LogP contribution in [0.15, 0.2) is 65.5 Å². The molecule has 1 unspecified atom stereocenters. The van der Waals surface area contributed by atoms with E-state index in [2.05, 4.69) is 9.97 Å². The summed E-state index contributed by atoms with van der Waals surface area (Å²) in [6.45, 7) is 3.17. The Bertz CT molecular complexity index is 1080. The van der Waals surface area contributed by atoms with E-state index in [1.54, 1.807) is 17.0 Å². The number of rotatable bonds is 10. The highest BCUT2D eigenvalue weighted by molar-refractivity contribution is 5.92. The van der Waals surface area contributed by atoms with Crippen LogP contribution in [0.1, 0.15) is 50.0 Å². The van der Waals surface area contributed by atoms with Crippen LogP contribution in [0, 0.1) is 0 Å². The number of benzene rings is 2. The Morgan fingerprint density at radius 3 is 2.55 bits per heavy atom. The molecule has 3 aromatic rings. The second kappa shape index (κ2) is 11.2. The van der Waals surface area contributed by atoms with Crippen molar-refractivity contribution in [2.75, 3.05) is 13.1 Å². The molecular formula is C25H30N4O2. The van der Waals surface area contributed by atoms with Gasteiger partial charge in [-0.15, -0.1) is 0 Å². The average Bonchev–Trinajstić information content (AvgIpc) is 2.80. The maximum Gasteiger partial charge on any atom is 0.258 e. The zero-order valence-corrected chi connectivity index (χ0v) is 18.0. The average molecular weight is 419 g/mol. The predicted octanol–water partition coefficient (Wildman–Crippen LogP) is 4.05. The van der Waals surface area contributed by atoms with Crippen LogP contribution in [0.2, 0.25) is 0 Å². The van der Waals surface area contributed by atoms with Crippen molar-refractivity contribution in [2.45, 2.75) is 38.6 Å². The molecule has 2 aromatic carbocycles. The van der Waals surface area contributed by atoms with Crippen molar-refractivity contribution < 1.29 is 4.79 Å². The number of aromatic amines is 1. The summed E-state index contributed by atoms with van der Waals surface area (Å²) in [4.78, 5) is 34.9. The smallest absolute Gasteiger partial charge is 0.258 e. The molecule has 0 radical (unpaired) electrons. The van der Waals surface area contributed by atoms with E-state index in [4.69, 9.17) is 5.73 Å². The van der Waals surface area contributed by atoms with Gasteiger partial charge in [0.2, 0.25) is 5.91 Å². The van der Waals surface area contributed by atoms with Gasteiger partial charge in [-0.2, -0.15) is 0 Å². The van der Waals surface area contributed by atoms with Crippen LogP contribution < -0.4 is 11.3 Å². The van der Waals surface area contributed by atoms with Gasteiger partial charge in [-0.05, 0) is 50.1 Å². The number of carbonyl (C=O) groups excluding carboxylic acids is 1. The van der Waals surface area contributed by atoms with Gasteiger partial charge in [0.1, 0.15) is 5.82 Å². The molecule has 0 saturated heterocycles. The van der Waals surface area contributed by atoms with Gasteiger partial charge in [0.25, 0.3) is 5.56 Å². The first-order valence-electron chi connectivity index (χ1n) is 10.8. The van der Waals surface area contributed by atoms with Crippen molar-refractivity contribution in [1.82, 2.24) is 14.9 Å². The zero-order valence-electron chi connectivity index (χ0n) is 18.0. The van der Waals surface area contributed by atoms with Gasteiger partial charge in [0.05, 0.1) is 16.9 Å². The molecule has 1 heterocycles. The lowest BCUT2D eigenvalue weighted by Gasteiger charge is -2.28. The molecule has 0 saturated carbocycles. The quantitative estimate of drug-likeness (QED) is 0.384. The van der Waals surface area contributed by atoms with Crippen LogP contribution in [-0.4, -0.2) is 33.9 Å². The highest BCUT2D eigenvalue weighted by Gasteiger charge is 2.22. The van der Waals surface area contributed by atoms with Gasteiger partial charge >= 0.3 is 0 Å². The molecule has 6 nitrogen and oxygen atoms in total. The molecule has 3 rings (SSSR count). The molecule has 31 heavy (non-hydrogen) atoms. The second-order valence-corrected chi connectivity index (χ2v) is 7.62. The van der Waals surface area contributed by atoms with Gasteiger partial charge < -0.3 is 15.6 Å². The Labute approximate surface area is 182 Å². The van der Waals surface area contributed by atoms with E-state index in [0.29, 0.717) is 29.8 Å². The van der Waals surface area contributed by atoms with Gasteiger partial charge in [0, 0.05) is 12.6 Å². The minimum Gasteiger partial charge on any atom is -0.330 e. The fourth-order valence-corrected chi connectivity index (χ4v) is 3.55. The monoisotopic (exact) mass is 418 g/mol. The third-order valence-electron chi connectivity index (χ3n) is 5.35. The topological polar surface area (TPSA) is 92.1 Å². The van der Waals surface area contributed by atoms with E-state index in [1.165, 1.54) is 0 Å². The summed E-state index contributed by atoms with van der Waals surface area (Å²) in [5, 5.41) is 0.544. The van der Waals surface area contributed by atoms with Gasteiger partial charge in [0.15, 0.2) is 0 Å². The zero-order chi connectivity index (χ0) is 22.1. The summed E-state index contributed by atoms with van der Waals surface area (Å²) in [6, 6.07) is 16.6. The van der Waals surface area contributed by atoms with E-state index in [-0.39, 0.29) is 17.5 Å². The number of fused-ring (bicyclic) bond motifs is 1. The Morgan fingerprint density at radius 2 is 1.77 bits per heavy atom. The third kappa shape index (κ3) is 6.12. The fraction of sp³-hybridized carbons (Fsp3) is 0.320. The lowest BCUT2D eigenvalue weighted by molar-refractivity contribution is -0.128. The number of unbranched alkanes of at least 4 members (excludes halogenated alkanes) is 3. The van der Waals surface area contributed by atoms with E-state index in [0.717, 1.165) is 31.2 Å². The summed E-state index contributed by atoms with van der Waals surface area (Å²) < 4.78 is 0. The van der Waals surface area contributed by atoms with Crippen LogP contribution in [0.5, 0.6) is 0 Å². The first kappa shape index (κ1) is 22.4. The number of nitrogens with two attached hydrogens (primary N) is 1. The van der Waals surface area contributed by atoms with Crippen LogP contribution >= 0.6 is 0 Å². The van der Waals surface area contributed by atoms with Crippen LogP contribution in [0.25, 0.3) is 17.0 Å². The Kier molecular flexibility index (Phi) is 8.12. The number of amides is 1. The van der Waals surface area contributed by atoms with Crippen molar-refractivity contribution in [3.05, 3.63) is 82.4 Å². The van der Waals surface area contributed by atoms with E-state index < -0.39 is 0 Å². The van der Waals surface area contributed by atoms with Crippen molar-refractivity contribution >= 4 is 22.9 Å². The summed E-state index contributed by atoms with van der Waals surface area (Å²) in [5.41, 5.74) is 6.98. The molecule has 0 fully saturated rings. The fourth-order valence-electron chi connectivity index (χ4n) is 3.55. The number of nitrogens with zero attached hydrogens (tertiary/aromatic N) is 2. The predicted molar refractivity (Wildman–Crippen MR) is 125 cm³/mol.